The lowest BCUT2D eigenvalue weighted by Crippen LogP contribution is -2.03. The Morgan fingerprint density at radius 1 is 1.22 bits per heavy atom. The van der Waals surface area contributed by atoms with Crippen LogP contribution in [0.1, 0.15) is 11.5 Å². The van der Waals surface area contributed by atoms with E-state index in [9.17, 15) is 0 Å². The molecule has 4 heterocycles. The average Bonchev–Trinajstić information content (AvgIpc) is 3.34. The molecular formula is C14H11N5O2S2. The highest BCUT2D eigenvalue weighted by Crippen LogP contribution is 2.26. The number of oxazole rings is 1. The number of tetrazole rings is 1. The minimum atomic E-state index is 0.502. The molecule has 0 spiro atoms. The summed E-state index contributed by atoms with van der Waals surface area (Å²) in [7, 11) is 0. The van der Waals surface area contributed by atoms with E-state index in [2.05, 4.69) is 20.5 Å². The minimum Gasteiger partial charge on any atom is -0.467 e. The lowest BCUT2D eigenvalue weighted by Gasteiger charge is -2.00. The monoisotopic (exact) mass is 345 g/mol. The van der Waals surface area contributed by atoms with Gasteiger partial charge in [-0.3, -0.25) is 0 Å². The Labute approximate surface area is 139 Å². The molecule has 4 rings (SSSR count). The zero-order valence-electron chi connectivity index (χ0n) is 11.8. The van der Waals surface area contributed by atoms with Crippen molar-refractivity contribution in [3.63, 3.8) is 0 Å². The lowest BCUT2D eigenvalue weighted by molar-refractivity contribution is 0.462. The lowest BCUT2D eigenvalue weighted by atomic mass is 10.4. The van der Waals surface area contributed by atoms with Crippen LogP contribution >= 0.6 is 23.1 Å². The van der Waals surface area contributed by atoms with E-state index in [4.69, 9.17) is 8.83 Å². The molecule has 0 N–H and O–H groups in total. The molecule has 0 aliphatic heterocycles. The van der Waals surface area contributed by atoms with Gasteiger partial charge in [0, 0.05) is 5.75 Å². The first-order chi connectivity index (χ1) is 11.4. The van der Waals surface area contributed by atoms with E-state index < -0.39 is 0 Å². The molecule has 0 unspecified atom stereocenters. The predicted molar refractivity (Wildman–Crippen MR) is 85.0 cm³/mol. The third-order valence-corrected chi connectivity index (χ3v) is 4.87. The van der Waals surface area contributed by atoms with Crippen LogP contribution in [0.2, 0.25) is 0 Å². The van der Waals surface area contributed by atoms with E-state index in [1.54, 1.807) is 28.5 Å². The predicted octanol–water partition coefficient (Wildman–Crippen LogP) is 3.32. The van der Waals surface area contributed by atoms with E-state index in [-0.39, 0.29) is 0 Å². The fourth-order valence-electron chi connectivity index (χ4n) is 1.97. The van der Waals surface area contributed by atoms with Crippen LogP contribution in [0, 0.1) is 0 Å². The maximum atomic E-state index is 5.51. The Morgan fingerprint density at radius 2 is 2.22 bits per heavy atom. The highest BCUT2D eigenvalue weighted by molar-refractivity contribution is 7.98. The third kappa shape index (κ3) is 3.20. The molecule has 7 nitrogen and oxygen atoms in total. The Morgan fingerprint density at radius 3 is 3.04 bits per heavy atom. The van der Waals surface area contributed by atoms with E-state index in [1.807, 2.05) is 29.6 Å². The van der Waals surface area contributed by atoms with Crippen LogP contribution in [0.4, 0.5) is 0 Å². The Bertz CT molecular complexity index is 867. The summed E-state index contributed by atoms with van der Waals surface area (Å²) in [6, 6.07) is 7.69. The van der Waals surface area contributed by atoms with Crippen LogP contribution in [0.5, 0.6) is 0 Å². The van der Waals surface area contributed by atoms with Crippen LogP contribution in [0.15, 0.2) is 56.2 Å². The highest BCUT2D eigenvalue weighted by atomic mass is 32.2. The van der Waals surface area contributed by atoms with Gasteiger partial charge in [-0.25, -0.2) is 9.67 Å². The number of hydrogen-bond acceptors (Lipinski definition) is 8. The largest absolute Gasteiger partial charge is 0.467 e. The average molecular weight is 345 g/mol. The first-order valence-electron chi connectivity index (χ1n) is 6.78. The normalized spacial score (nSPS) is 11.1. The van der Waals surface area contributed by atoms with Crippen molar-refractivity contribution < 1.29 is 8.83 Å². The SMILES string of the molecule is c1coc(Cn2nnnc2SCc2coc(-c3cccs3)n2)c1. The van der Waals surface area contributed by atoms with E-state index in [1.165, 1.54) is 11.8 Å². The Kier molecular flexibility index (Phi) is 3.95. The molecule has 0 fully saturated rings. The van der Waals surface area contributed by atoms with Gasteiger partial charge in [-0.2, -0.15) is 0 Å². The standard InChI is InChI=1S/C14H11N5O2S2/c1-3-11(20-5-1)7-19-14(16-17-18-19)23-9-10-8-21-13(15-10)12-4-2-6-22-12/h1-6,8H,7,9H2. The Balaban J connectivity index is 1.43. The second-order valence-electron chi connectivity index (χ2n) is 4.61. The summed E-state index contributed by atoms with van der Waals surface area (Å²) in [6.07, 6.45) is 3.30. The molecule has 4 aromatic rings. The molecule has 23 heavy (non-hydrogen) atoms. The first-order valence-corrected chi connectivity index (χ1v) is 8.64. The highest BCUT2D eigenvalue weighted by Gasteiger charge is 2.12. The van der Waals surface area contributed by atoms with E-state index in [0.29, 0.717) is 23.3 Å². The van der Waals surface area contributed by atoms with Crippen molar-refractivity contribution in [1.82, 2.24) is 25.2 Å². The summed E-state index contributed by atoms with van der Waals surface area (Å²) >= 11 is 3.11. The molecule has 0 bridgehead atoms. The van der Waals surface area contributed by atoms with Crippen molar-refractivity contribution in [1.29, 1.82) is 0 Å². The van der Waals surface area contributed by atoms with Crippen LogP contribution in [0.3, 0.4) is 0 Å². The van der Waals surface area contributed by atoms with Crippen LogP contribution in [-0.2, 0) is 12.3 Å². The van der Waals surface area contributed by atoms with Gasteiger partial charge in [0.2, 0.25) is 11.0 Å². The molecule has 0 saturated carbocycles. The van der Waals surface area contributed by atoms with Crippen molar-refractivity contribution in [2.45, 2.75) is 17.5 Å². The number of aromatic nitrogens is 5. The van der Waals surface area contributed by atoms with Gasteiger partial charge in [0.15, 0.2) is 0 Å². The van der Waals surface area contributed by atoms with E-state index >= 15 is 0 Å². The quantitative estimate of drug-likeness (QED) is 0.496. The van der Waals surface area contributed by atoms with Gasteiger partial charge in [0.1, 0.15) is 18.6 Å². The molecule has 0 radical (unpaired) electrons. The molecule has 0 aromatic carbocycles. The molecule has 0 aliphatic carbocycles. The van der Waals surface area contributed by atoms with Gasteiger partial charge in [-0.1, -0.05) is 17.8 Å². The zero-order chi connectivity index (χ0) is 15.5. The van der Waals surface area contributed by atoms with Crippen LogP contribution in [0.25, 0.3) is 10.8 Å². The van der Waals surface area contributed by atoms with E-state index in [0.717, 1.165) is 16.3 Å². The summed E-state index contributed by atoms with van der Waals surface area (Å²) in [5.41, 5.74) is 0.853. The van der Waals surface area contributed by atoms with Crippen LogP contribution < -0.4 is 0 Å². The number of nitrogens with zero attached hydrogens (tertiary/aromatic N) is 5. The molecule has 4 aromatic heterocycles. The molecule has 0 aliphatic rings. The number of furan rings is 1. The number of hydrogen-bond donors (Lipinski definition) is 0. The molecule has 116 valence electrons. The summed E-state index contributed by atoms with van der Waals surface area (Å²) < 4.78 is 12.5. The van der Waals surface area contributed by atoms with Crippen molar-refractivity contribution in [2.75, 3.05) is 0 Å². The first kappa shape index (κ1) is 14.2. The second kappa shape index (κ2) is 6.39. The summed E-state index contributed by atoms with van der Waals surface area (Å²) in [6.45, 7) is 0.502. The van der Waals surface area contributed by atoms with Crippen molar-refractivity contribution in [2.24, 2.45) is 0 Å². The van der Waals surface area contributed by atoms with Gasteiger partial charge in [-0.05, 0) is 34.0 Å². The van der Waals surface area contributed by atoms with Crippen molar-refractivity contribution in [3.05, 3.63) is 53.6 Å². The molecule has 0 saturated heterocycles. The number of thiophene rings is 1. The van der Waals surface area contributed by atoms with Gasteiger partial charge in [0.25, 0.3) is 0 Å². The topological polar surface area (TPSA) is 82.8 Å². The summed E-state index contributed by atoms with van der Waals surface area (Å²) in [5.74, 6) is 2.08. The van der Waals surface area contributed by atoms with Gasteiger partial charge in [-0.15, -0.1) is 16.4 Å². The number of thioether (sulfide) groups is 1. The molecule has 0 atom stereocenters. The minimum absolute atomic E-state index is 0.502. The number of rotatable bonds is 6. The molecular weight excluding hydrogens is 334 g/mol. The van der Waals surface area contributed by atoms with Gasteiger partial charge < -0.3 is 8.83 Å². The fourth-order valence-corrected chi connectivity index (χ4v) is 3.38. The van der Waals surface area contributed by atoms with Gasteiger partial charge >= 0.3 is 0 Å². The van der Waals surface area contributed by atoms with Crippen LogP contribution in [-0.4, -0.2) is 25.2 Å². The molecule has 0 amide bonds. The maximum Gasteiger partial charge on any atom is 0.236 e. The fraction of sp³-hybridized carbons (Fsp3) is 0.143. The maximum absolute atomic E-state index is 5.51. The summed E-state index contributed by atoms with van der Waals surface area (Å²) in [5, 5.41) is 14.4. The third-order valence-electron chi connectivity index (χ3n) is 3.02. The molecule has 9 heteroatoms. The Hall–Kier alpha value is -2.39. The van der Waals surface area contributed by atoms with Crippen molar-refractivity contribution >= 4 is 23.1 Å². The van der Waals surface area contributed by atoms with Gasteiger partial charge in [0.05, 0.1) is 16.8 Å². The zero-order valence-corrected chi connectivity index (χ0v) is 13.5. The summed E-state index contributed by atoms with van der Waals surface area (Å²) in [4.78, 5) is 5.50. The smallest absolute Gasteiger partial charge is 0.236 e. The second-order valence-corrected chi connectivity index (χ2v) is 6.50. The van der Waals surface area contributed by atoms with Crippen molar-refractivity contribution in [3.8, 4) is 10.8 Å².